The van der Waals surface area contributed by atoms with Gasteiger partial charge < -0.3 is 0 Å². The quantitative estimate of drug-likeness (QED) is 0.579. The third-order valence-corrected chi connectivity index (χ3v) is 2.34. The van der Waals surface area contributed by atoms with Gasteiger partial charge in [0.15, 0.2) is 12.5 Å². The van der Waals surface area contributed by atoms with Crippen molar-refractivity contribution in [1.29, 1.82) is 5.26 Å². The van der Waals surface area contributed by atoms with Crippen LogP contribution in [0.15, 0.2) is 42.6 Å². The number of nitriles is 1. The molecule has 2 heterocycles. The minimum atomic E-state index is 0.272. The second kappa shape index (κ2) is 4.99. The smallest absolute Gasteiger partial charge is 0.231 e. The van der Waals surface area contributed by atoms with E-state index in [0.717, 1.165) is 12.0 Å². The van der Waals surface area contributed by atoms with E-state index in [1.54, 1.807) is 16.7 Å². The van der Waals surface area contributed by atoms with E-state index in [0.29, 0.717) is 11.4 Å². The molecule has 0 fully saturated rings. The summed E-state index contributed by atoms with van der Waals surface area (Å²) in [5.41, 5.74) is 1.87. The highest BCUT2D eigenvalue weighted by atomic mass is 16.1. The van der Waals surface area contributed by atoms with Gasteiger partial charge in [0.1, 0.15) is 17.5 Å². The normalized spacial score (nSPS) is 9.59. The Kier molecular flexibility index (Phi) is 3.22. The van der Waals surface area contributed by atoms with Gasteiger partial charge in [-0.2, -0.15) is 9.83 Å². The van der Waals surface area contributed by atoms with Crippen molar-refractivity contribution in [3.05, 3.63) is 48.3 Å². The summed E-state index contributed by atoms with van der Waals surface area (Å²) in [6.45, 7) is 0.272. The van der Waals surface area contributed by atoms with Crippen LogP contribution in [-0.2, 0) is 11.3 Å². The van der Waals surface area contributed by atoms with Crippen LogP contribution >= 0.6 is 0 Å². The maximum absolute atomic E-state index is 10.6. The molecule has 0 aliphatic heterocycles. The van der Waals surface area contributed by atoms with E-state index >= 15 is 0 Å². The van der Waals surface area contributed by atoms with E-state index in [9.17, 15) is 4.79 Å². The molecule has 0 saturated heterocycles. The third kappa shape index (κ3) is 2.34. The van der Waals surface area contributed by atoms with Gasteiger partial charge in [-0.1, -0.05) is 6.07 Å². The molecule has 0 aliphatic carbocycles. The molecule has 0 aliphatic rings. The molecule has 0 amide bonds. The van der Waals surface area contributed by atoms with Crippen molar-refractivity contribution in [2.24, 2.45) is 0 Å². The van der Waals surface area contributed by atoms with Crippen molar-refractivity contribution < 1.29 is 9.36 Å². The van der Waals surface area contributed by atoms with Gasteiger partial charge in [0.25, 0.3) is 0 Å². The van der Waals surface area contributed by atoms with E-state index < -0.39 is 0 Å². The van der Waals surface area contributed by atoms with E-state index in [-0.39, 0.29) is 6.54 Å². The Morgan fingerprint density at radius 2 is 2.18 bits per heavy atom. The topological polar surface area (TPSA) is 57.6 Å². The average molecular weight is 224 g/mol. The van der Waals surface area contributed by atoms with Crippen molar-refractivity contribution in [2.45, 2.75) is 6.54 Å². The summed E-state index contributed by atoms with van der Waals surface area (Å²) in [7, 11) is 0. The number of aldehydes is 1. The van der Waals surface area contributed by atoms with E-state index in [1.807, 2.05) is 36.5 Å². The monoisotopic (exact) mass is 224 g/mol. The van der Waals surface area contributed by atoms with Crippen LogP contribution in [0.2, 0.25) is 0 Å². The van der Waals surface area contributed by atoms with Gasteiger partial charge >= 0.3 is 0 Å². The highest BCUT2D eigenvalue weighted by Crippen LogP contribution is 2.12. The van der Waals surface area contributed by atoms with Gasteiger partial charge in [-0.15, -0.1) is 0 Å². The summed E-state index contributed by atoms with van der Waals surface area (Å²) in [5, 5.41) is 8.81. The lowest BCUT2D eigenvalue weighted by Crippen LogP contribution is -2.36. The zero-order valence-corrected chi connectivity index (χ0v) is 9.08. The molecule has 0 radical (unpaired) electrons. The first-order chi connectivity index (χ1) is 8.35. The van der Waals surface area contributed by atoms with Crippen LogP contribution < -0.4 is 4.57 Å². The Bertz CT molecular complexity index is 587. The first kappa shape index (κ1) is 11.0. The SMILES string of the molecule is N#Cc1cccc(-c2cccc[n+]2CC=O)n1. The fraction of sp³-hybridized carbons (Fsp3) is 0.0769. The molecule has 2 aromatic heterocycles. The van der Waals surface area contributed by atoms with Crippen LogP contribution in [0.3, 0.4) is 0 Å². The molecule has 0 unspecified atom stereocenters. The Morgan fingerprint density at radius 1 is 1.29 bits per heavy atom. The van der Waals surface area contributed by atoms with E-state index in [2.05, 4.69) is 4.98 Å². The number of hydrogen-bond acceptors (Lipinski definition) is 3. The van der Waals surface area contributed by atoms with Crippen molar-refractivity contribution in [1.82, 2.24) is 4.98 Å². The molecule has 2 rings (SSSR count). The predicted octanol–water partition coefficient (Wildman–Crippen LogP) is 1.11. The highest BCUT2D eigenvalue weighted by molar-refractivity contribution is 5.53. The molecule has 0 saturated carbocycles. The van der Waals surface area contributed by atoms with Gasteiger partial charge in [0, 0.05) is 12.1 Å². The molecule has 17 heavy (non-hydrogen) atoms. The minimum absolute atomic E-state index is 0.272. The molecule has 82 valence electrons. The Labute approximate surface area is 98.8 Å². The first-order valence-corrected chi connectivity index (χ1v) is 5.15. The average Bonchev–Trinajstić information content (AvgIpc) is 2.40. The molecule has 0 spiro atoms. The lowest BCUT2D eigenvalue weighted by molar-refractivity contribution is -0.672. The predicted molar refractivity (Wildman–Crippen MR) is 60.6 cm³/mol. The zero-order chi connectivity index (χ0) is 12.1. The van der Waals surface area contributed by atoms with Crippen LogP contribution in [0.1, 0.15) is 5.69 Å². The van der Waals surface area contributed by atoms with Crippen LogP contribution in [-0.4, -0.2) is 11.3 Å². The van der Waals surface area contributed by atoms with Crippen molar-refractivity contribution in [2.75, 3.05) is 0 Å². The second-order valence-corrected chi connectivity index (χ2v) is 3.42. The number of nitrogens with zero attached hydrogens (tertiary/aromatic N) is 3. The highest BCUT2D eigenvalue weighted by Gasteiger charge is 2.12. The Balaban J connectivity index is 2.52. The number of carbonyl (C=O) groups is 1. The van der Waals surface area contributed by atoms with Crippen LogP contribution in [0, 0.1) is 11.3 Å². The molecule has 0 aromatic carbocycles. The maximum atomic E-state index is 10.6. The first-order valence-electron chi connectivity index (χ1n) is 5.15. The summed E-state index contributed by atoms with van der Waals surface area (Å²) in [6, 6.07) is 12.8. The van der Waals surface area contributed by atoms with Crippen LogP contribution in [0.4, 0.5) is 0 Å². The molecule has 0 atom stereocenters. The Morgan fingerprint density at radius 3 is 2.94 bits per heavy atom. The summed E-state index contributed by atoms with van der Waals surface area (Å²) < 4.78 is 1.79. The fourth-order valence-electron chi connectivity index (χ4n) is 1.59. The molecular formula is C13H10N3O+. The van der Waals surface area contributed by atoms with Crippen molar-refractivity contribution in [3.8, 4) is 17.5 Å². The van der Waals surface area contributed by atoms with Crippen LogP contribution in [0.5, 0.6) is 0 Å². The summed E-state index contributed by atoms with van der Waals surface area (Å²) in [4.78, 5) is 14.8. The lowest BCUT2D eigenvalue weighted by Gasteiger charge is -2.00. The standard InChI is InChI=1S/C13H10N3O/c14-10-11-4-3-5-12(15-11)13-6-1-2-7-16(13)8-9-17/h1-7,9H,8H2/q+1. The second-order valence-electron chi connectivity index (χ2n) is 3.42. The number of carbonyl (C=O) groups excluding carboxylic acids is 1. The van der Waals surface area contributed by atoms with E-state index in [4.69, 9.17) is 5.26 Å². The zero-order valence-electron chi connectivity index (χ0n) is 9.08. The number of hydrogen-bond donors (Lipinski definition) is 0. The lowest BCUT2D eigenvalue weighted by atomic mass is 10.2. The fourth-order valence-corrected chi connectivity index (χ4v) is 1.59. The molecule has 0 bridgehead atoms. The third-order valence-electron chi connectivity index (χ3n) is 2.34. The van der Waals surface area contributed by atoms with Gasteiger partial charge in [-0.05, 0) is 18.2 Å². The van der Waals surface area contributed by atoms with Gasteiger partial charge in [0.2, 0.25) is 12.2 Å². The molecule has 0 N–H and O–H groups in total. The molecule has 2 aromatic rings. The van der Waals surface area contributed by atoms with Gasteiger partial charge in [-0.25, -0.2) is 4.98 Å². The van der Waals surface area contributed by atoms with Crippen LogP contribution in [0.25, 0.3) is 11.4 Å². The van der Waals surface area contributed by atoms with E-state index in [1.165, 1.54) is 0 Å². The van der Waals surface area contributed by atoms with Gasteiger partial charge in [0.05, 0.1) is 0 Å². The number of rotatable bonds is 3. The Hall–Kier alpha value is -2.54. The number of pyridine rings is 2. The summed E-state index contributed by atoms with van der Waals surface area (Å²) in [5.74, 6) is 0. The number of aromatic nitrogens is 2. The van der Waals surface area contributed by atoms with Crippen molar-refractivity contribution in [3.63, 3.8) is 0 Å². The minimum Gasteiger partial charge on any atom is -0.296 e. The largest absolute Gasteiger partial charge is 0.296 e. The maximum Gasteiger partial charge on any atom is 0.231 e. The molecular weight excluding hydrogens is 214 g/mol. The van der Waals surface area contributed by atoms with Crippen molar-refractivity contribution >= 4 is 6.29 Å². The summed E-state index contributed by atoms with van der Waals surface area (Å²) in [6.07, 6.45) is 2.64. The summed E-state index contributed by atoms with van der Waals surface area (Å²) >= 11 is 0. The van der Waals surface area contributed by atoms with Gasteiger partial charge in [-0.3, -0.25) is 4.79 Å². The molecule has 4 nitrogen and oxygen atoms in total. The molecule has 4 heteroatoms.